The Kier molecular flexibility index (Phi) is 7.41. The van der Waals surface area contributed by atoms with E-state index in [1.54, 1.807) is 23.7 Å². The third kappa shape index (κ3) is 6.59. The number of benzene rings is 1. The molecule has 120 valence electrons. The number of thioether (sulfide) groups is 1. The molecule has 0 aliphatic heterocycles. The number of nitrogens with one attached hydrogen (secondary N) is 2. The number of hydrogen-bond donors (Lipinski definition) is 3. The lowest BCUT2D eigenvalue weighted by molar-refractivity contribution is -0.121. The number of hydrogen-bond acceptors (Lipinski definition) is 5. The van der Waals surface area contributed by atoms with Crippen LogP contribution in [-0.2, 0) is 9.59 Å². The van der Waals surface area contributed by atoms with Crippen molar-refractivity contribution in [1.82, 2.24) is 10.2 Å². The molecule has 4 amide bonds. The molecular weight excluding hydrogens is 304 g/mol. The number of carbonyl (C=O) groups is 3. The largest absolute Gasteiger partial charge is 0.351 e. The smallest absolute Gasteiger partial charge is 0.318 e. The Morgan fingerprint density at radius 1 is 1.23 bits per heavy atom. The van der Waals surface area contributed by atoms with E-state index in [0.717, 1.165) is 10.6 Å². The number of anilines is 1. The first-order valence-corrected chi connectivity index (χ1v) is 7.85. The molecule has 8 heteroatoms. The van der Waals surface area contributed by atoms with Crippen LogP contribution in [0, 0.1) is 0 Å². The lowest BCUT2D eigenvalue weighted by atomic mass is 10.3. The molecule has 0 spiro atoms. The number of para-hydroxylation sites is 1. The predicted molar refractivity (Wildman–Crippen MR) is 86.7 cm³/mol. The van der Waals surface area contributed by atoms with Crippen LogP contribution in [0.25, 0.3) is 0 Å². The molecule has 22 heavy (non-hydrogen) atoms. The zero-order valence-electron chi connectivity index (χ0n) is 12.6. The van der Waals surface area contributed by atoms with Crippen molar-refractivity contribution in [3.63, 3.8) is 0 Å². The number of imide groups is 1. The van der Waals surface area contributed by atoms with Gasteiger partial charge in [-0.1, -0.05) is 12.1 Å². The van der Waals surface area contributed by atoms with Gasteiger partial charge in [-0.25, -0.2) is 4.79 Å². The summed E-state index contributed by atoms with van der Waals surface area (Å²) in [6, 6.07) is 6.65. The van der Waals surface area contributed by atoms with Crippen LogP contribution < -0.4 is 16.4 Å². The maximum absolute atomic E-state index is 12.0. The third-order valence-corrected chi connectivity index (χ3v) is 3.57. The van der Waals surface area contributed by atoms with Crippen LogP contribution in [-0.4, -0.2) is 49.1 Å². The zero-order valence-corrected chi connectivity index (χ0v) is 13.4. The van der Waals surface area contributed by atoms with E-state index in [0.29, 0.717) is 6.54 Å². The fourth-order valence-electron chi connectivity index (χ4n) is 1.75. The number of likely N-dealkylation sites (N-methyl/N-ethyl adjacent to an activating group) is 1. The fourth-order valence-corrected chi connectivity index (χ4v) is 2.31. The van der Waals surface area contributed by atoms with Gasteiger partial charge in [-0.05, 0) is 25.4 Å². The van der Waals surface area contributed by atoms with Gasteiger partial charge in [0.15, 0.2) is 0 Å². The number of primary amides is 1. The molecule has 1 aromatic rings. The van der Waals surface area contributed by atoms with Gasteiger partial charge in [-0.2, -0.15) is 0 Å². The molecule has 1 rings (SSSR count). The molecule has 0 fully saturated rings. The van der Waals surface area contributed by atoms with E-state index < -0.39 is 11.9 Å². The van der Waals surface area contributed by atoms with Crippen molar-refractivity contribution >= 4 is 35.3 Å². The maximum atomic E-state index is 12.0. The Morgan fingerprint density at radius 2 is 1.91 bits per heavy atom. The predicted octanol–water partition coefficient (Wildman–Crippen LogP) is 0.864. The molecule has 0 saturated carbocycles. The van der Waals surface area contributed by atoms with Crippen molar-refractivity contribution in [2.45, 2.75) is 11.3 Å². The van der Waals surface area contributed by atoms with Crippen LogP contribution in [0.1, 0.15) is 6.42 Å². The summed E-state index contributed by atoms with van der Waals surface area (Å²) in [6.07, 6.45) is 2.03. The van der Waals surface area contributed by atoms with Crippen LogP contribution in [0.2, 0.25) is 0 Å². The fraction of sp³-hybridized carbons (Fsp3) is 0.357. The second-order valence-electron chi connectivity index (χ2n) is 4.65. The molecule has 0 saturated heterocycles. The quantitative estimate of drug-likeness (QED) is 0.645. The molecule has 0 aliphatic rings. The molecule has 0 heterocycles. The SMILES string of the molecule is CSc1ccccc1NC(=O)CN(C)CCC(=O)NC(N)=O. The number of amides is 4. The maximum Gasteiger partial charge on any atom is 0.318 e. The van der Waals surface area contributed by atoms with E-state index in [4.69, 9.17) is 5.73 Å². The van der Waals surface area contributed by atoms with Gasteiger partial charge < -0.3 is 11.1 Å². The van der Waals surface area contributed by atoms with Crippen LogP contribution in [0.15, 0.2) is 29.2 Å². The Labute approximate surface area is 133 Å². The number of nitrogens with zero attached hydrogens (tertiary/aromatic N) is 1. The van der Waals surface area contributed by atoms with Gasteiger partial charge in [0.2, 0.25) is 11.8 Å². The Morgan fingerprint density at radius 3 is 2.55 bits per heavy atom. The molecule has 0 aliphatic carbocycles. The summed E-state index contributed by atoms with van der Waals surface area (Å²) in [5, 5.41) is 4.81. The van der Waals surface area contributed by atoms with Gasteiger partial charge in [0.05, 0.1) is 12.2 Å². The lowest BCUT2D eigenvalue weighted by Gasteiger charge is -2.16. The van der Waals surface area contributed by atoms with E-state index in [9.17, 15) is 14.4 Å². The van der Waals surface area contributed by atoms with Crippen molar-refractivity contribution in [2.75, 3.05) is 31.7 Å². The topological polar surface area (TPSA) is 105 Å². The number of urea groups is 1. The second-order valence-corrected chi connectivity index (χ2v) is 5.50. The number of nitrogens with two attached hydrogens (primary N) is 1. The summed E-state index contributed by atoms with van der Waals surface area (Å²) in [5.41, 5.74) is 5.61. The summed E-state index contributed by atoms with van der Waals surface area (Å²) in [4.78, 5) is 36.4. The van der Waals surface area contributed by atoms with Crippen LogP contribution in [0.4, 0.5) is 10.5 Å². The minimum atomic E-state index is -0.876. The van der Waals surface area contributed by atoms with E-state index in [-0.39, 0.29) is 18.9 Å². The Balaban J connectivity index is 2.41. The van der Waals surface area contributed by atoms with E-state index in [2.05, 4.69) is 5.32 Å². The van der Waals surface area contributed by atoms with Crippen molar-refractivity contribution < 1.29 is 14.4 Å². The summed E-state index contributed by atoms with van der Waals surface area (Å²) < 4.78 is 0. The van der Waals surface area contributed by atoms with E-state index in [1.807, 2.05) is 35.8 Å². The first-order valence-electron chi connectivity index (χ1n) is 6.63. The number of carbonyl (C=O) groups excluding carboxylic acids is 3. The summed E-state index contributed by atoms with van der Waals surface area (Å²) >= 11 is 1.55. The first kappa shape index (κ1) is 18.0. The van der Waals surface area contributed by atoms with Gasteiger partial charge in [0.25, 0.3) is 0 Å². The molecule has 0 atom stereocenters. The highest BCUT2D eigenvalue weighted by Gasteiger charge is 2.11. The van der Waals surface area contributed by atoms with Crippen LogP contribution >= 0.6 is 11.8 Å². The van der Waals surface area contributed by atoms with Crippen molar-refractivity contribution in [2.24, 2.45) is 5.73 Å². The van der Waals surface area contributed by atoms with Gasteiger partial charge in [-0.3, -0.25) is 19.8 Å². The Hall–Kier alpha value is -2.06. The molecule has 4 N–H and O–H groups in total. The first-order chi connectivity index (χ1) is 10.4. The molecule has 0 aromatic heterocycles. The average molecular weight is 324 g/mol. The van der Waals surface area contributed by atoms with Crippen LogP contribution in [0.3, 0.4) is 0 Å². The van der Waals surface area contributed by atoms with Crippen LogP contribution in [0.5, 0.6) is 0 Å². The highest BCUT2D eigenvalue weighted by molar-refractivity contribution is 7.98. The summed E-state index contributed by atoms with van der Waals surface area (Å²) in [5.74, 6) is -0.633. The second kappa shape index (κ2) is 9.06. The molecule has 0 radical (unpaired) electrons. The molecule has 0 bridgehead atoms. The normalized spacial score (nSPS) is 10.3. The van der Waals surface area contributed by atoms with Gasteiger partial charge in [0.1, 0.15) is 0 Å². The molecule has 7 nitrogen and oxygen atoms in total. The Bertz CT molecular complexity index is 551. The summed E-state index contributed by atoms with van der Waals surface area (Å²) in [6.45, 7) is 0.489. The van der Waals surface area contributed by atoms with E-state index in [1.165, 1.54) is 0 Å². The van der Waals surface area contributed by atoms with Crippen molar-refractivity contribution in [3.8, 4) is 0 Å². The standard InChI is InChI=1S/C14H20N4O3S/c1-18(8-7-12(19)17-14(15)21)9-13(20)16-10-5-3-4-6-11(10)22-2/h3-6H,7-9H2,1-2H3,(H,16,20)(H3,15,17,19,21). The summed E-state index contributed by atoms with van der Waals surface area (Å²) in [7, 11) is 1.72. The minimum absolute atomic E-state index is 0.0914. The average Bonchev–Trinajstić information content (AvgIpc) is 2.45. The third-order valence-electron chi connectivity index (χ3n) is 2.78. The molecule has 0 unspecified atom stereocenters. The van der Waals surface area contributed by atoms with Gasteiger partial charge >= 0.3 is 6.03 Å². The monoisotopic (exact) mass is 324 g/mol. The van der Waals surface area contributed by atoms with Crippen molar-refractivity contribution in [3.05, 3.63) is 24.3 Å². The van der Waals surface area contributed by atoms with E-state index >= 15 is 0 Å². The van der Waals surface area contributed by atoms with Gasteiger partial charge in [0, 0.05) is 17.9 Å². The highest BCUT2D eigenvalue weighted by atomic mass is 32.2. The zero-order chi connectivity index (χ0) is 16.5. The molecule has 1 aromatic carbocycles. The highest BCUT2D eigenvalue weighted by Crippen LogP contribution is 2.24. The molecular formula is C14H20N4O3S. The van der Waals surface area contributed by atoms with Crippen molar-refractivity contribution in [1.29, 1.82) is 0 Å². The van der Waals surface area contributed by atoms with Gasteiger partial charge in [-0.15, -0.1) is 11.8 Å². The lowest BCUT2D eigenvalue weighted by Crippen LogP contribution is -2.38. The number of rotatable bonds is 7. The minimum Gasteiger partial charge on any atom is -0.351 e.